The Hall–Kier alpha value is -0.166. The molecule has 50 valence electrons. The summed E-state index contributed by atoms with van der Waals surface area (Å²) in [7, 11) is -3.17. The number of rotatable bonds is 2. The van der Waals surface area contributed by atoms with E-state index in [0.717, 1.165) is 0 Å². The Kier molecular flexibility index (Phi) is 1.71. The summed E-state index contributed by atoms with van der Waals surface area (Å²) in [5, 5.41) is 0. The summed E-state index contributed by atoms with van der Waals surface area (Å²) < 4.78 is 10.9. The Morgan fingerprint density at radius 2 is 2.00 bits per heavy atom. The summed E-state index contributed by atoms with van der Waals surface area (Å²) in [6.45, 7) is 9.18. The molecule has 0 aromatic rings. The molecule has 1 aliphatic heterocycles. The van der Waals surface area contributed by atoms with Gasteiger partial charge in [-0.1, -0.05) is 11.4 Å². The van der Waals surface area contributed by atoms with Gasteiger partial charge < -0.3 is 8.23 Å². The predicted octanol–water partition coefficient (Wildman–Crippen LogP) is 0.776. The molecule has 0 aliphatic carbocycles. The number of hydrogen-bond acceptors (Lipinski definition) is 2. The van der Waals surface area contributed by atoms with Gasteiger partial charge in [-0.15, -0.1) is 13.2 Å². The smallest absolute Gasteiger partial charge is 0.343 e. The van der Waals surface area contributed by atoms with Crippen molar-refractivity contribution in [2.45, 2.75) is 6.55 Å². The van der Waals surface area contributed by atoms with Crippen molar-refractivity contribution in [2.24, 2.45) is 0 Å². The minimum atomic E-state index is -1.80. The summed E-state index contributed by atoms with van der Waals surface area (Å²) in [5.74, 6) is 0. The lowest BCUT2D eigenvalue weighted by atomic mass is 11.3. The van der Waals surface area contributed by atoms with Crippen LogP contribution in [0.15, 0.2) is 24.6 Å². The SMILES string of the molecule is C=C[SiH]1O[Si](C)(C=C)O1. The van der Waals surface area contributed by atoms with Crippen molar-refractivity contribution >= 4 is 17.8 Å². The topological polar surface area (TPSA) is 18.5 Å². The van der Waals surface area contributed by atoms with E-state index in [1.807, 2.05) is 6.55 Å². The van der Waals surface area contributed by atoms with Crippen molar-refractivity contribution in [1.29, 1.82) is 0 Å². The van der Waals surface area contributed by atoms with E-state index in [-0.39, 0.29) is 0 Å². The highest BCUT2D eigenvalue weighted by Crippen LogP contribution is 2.22. The van der Waals surface area contributed by atoms with E-state index in [2.05, 4.69) is 13.2 Å². The van der Waals surface area contributed by atoms with E-state index in [4.69, 9.17) is 8.23 Å². The molecule has 0 radical (unpaired) electrons. The second kappa shape index (κ2) is 2.22. The first-order valence-electron chi connectivity index (χ1n) is 2.82. The molecule has 1 saturated heterocycles. The molecule has 0 bridgehead atoms. The Balaban J connectivity index is 2.40. The molecule has 0 aromatic heterocycles. The molecule has 0 spiro atoms. The maximum absolute atomic E-state index is 5.44. The van der Waals surface area contributed by atoms with Gasteiger partial charge in [0.25, 0.3) is 0 Å². The average molecular weight is 158 g/mol. The van der Waals surface area contributed by atoms with Crippen LogP contribution in [-0.4, -0.2) is 17.8 Å². The molecule has 4 heteroatoms. The van der Waals surface area contributed by atoms with Gasteiger partial charge in [-0.3, -0.25) is 0 Å². The van der Waals surface area contributed by atoms with Crippen molar-refractivity contribution in [3.8, 4) is 0 Å². The molecule has 2 nitrogen and oxygen atoms in total. The van der Waals surface area contributed by atoms with Gasteiger partial charge in [-0.05, 0) is 6.55 Å². The van der Waals surface area contributed by atoms with Gasteiger partial charge in [0, 0.05) is 0 Å². The van der Waals surface area contributed by atoms with E-state index in [1.165, 1.54) is 0 Å². The van der Waals surface area contributed by atoms with Crippen molar-refractivity contribution in [2.75, 3.05) is 0 Å². The first-order chi connectivity index (χ1) is 4.20. The van der Waals surface area contributed by atoms with Gasteiger partial charge in [-0.2, -0.15) is 0 Å². The molecular formula is C5H10O2Si2. The zero-order chi connectivity index (χ0) is 6.91. The first kappa shape index (κ1) is 6.95. The standard InChI is InChI=1S/C5H10O2Si2/c1-4-8-6-9(3,5-2)7-8/h4-5,8H,1-2H2,3H3. The highest BCUT2D eigenvalue weighted by Gasteiger charge is 2.43. The van der Waals surface area contributed by atoms with Gasteiger partial charge >= 0.3 is 17.8 Å². The Morgan fingerprint density at radius 1 is 1.44 bits per heavy atom. The van der Waals surface area contributed by atoms with Crippen LogP contribution in [0.3, 0.4) is 0 Å². The van der Waals surface area contributed by atoms with Crippen molar-refractivity contribution in [3.63, 3.8) is 0 Å². The lowest BCUT2D eigenvalue weighted by Crippen LogP contribution is -2.57. The fraction of sp³-hybridized carbons (Fsp3) is 0.200. The van der Waals surface area contributed by atoms with Gasteiger partial charge in [-0.25, -0.2) is 0 Å². The summed E-state index contributed by atoms with van der Waals surface area (Å²) in [5.41, 5.74) is 3.57. The Morgan fingerprint density at radius 3 is 2.33 bits per heavy atom. The lowest BCUT2D eigenvalue weighted by Gasteiger charge is -2.39. The zero-order valence-electron chi connectivity index (χ0n) is 5.46. The molecule has 9 heavy (non-hydrogen) atoms. The van der Waals surface area contributed by atoms with E-state index in [0.29, 0.717) is 0 Å². The third-order valence-electron chi connectivity index (χ3n) is 1.26. The Bertz CT molecular complexity index is 140. The molecular weight excluding hydrogens is 148 g/mol. The molecule has 0 atom stereocenters. The summed E-state index contributed by atoms with van der Waals surface area (Å²) in [6, 6.07) is 0. The molecule has 0 aromatic carbocycles. The monoisotopic (exact) mass is 158 g/mol. The van der Waals surface area contributed by atoms with E-state index in [9.17, 15) is 0 Å². The van der Waals surface area contributed by atoms with Crippen LogP contribution in [0, 0.1) is 0 Å². The maximum Gasteiger partial charge on any atom is 0.343 e. The molecule has 0 saturated carbocycles. The van der Waals surface area contributed by atoms with Crippen LogP contribution in [0.1, 0.15) is 0 Å². The van der Waals surface area contributed by atoms with Crippen LogP contribution in [0.2, 0.25) is 6.55 Å². The Labute approximate surface area is 57.9 Å². The van der Waals surface area contributed by atoms with Crippen LogP contribution < -0.4 is 0 Å². The third kappa shape index (κ3) is 1.21. The molecule has 1 heterocycles. The van der Waals surface area contributed by atoms with Crippen LogP contribution in [0.5, 0.6) is 0 Å². The first-order valence-corrected chi connectivity index (χ1v) is 6.82. The van der Waals surface area contributed by atoms with E-state index >= 15 is 0 Å². The molecule has 0 N–H and O–H groups in total. The summed E-state index contributed by atoms with van der Waals surface area (Å²) in [4.78, 5) is 0. The fourth-order valence-corrected chi connectivity index (χ4v) is 5.96. The highest BCUT2D eigenvalue weighted by atomic mass is 28.5. The van der Waals surface area contributed by atoms with Gasteiger partial charge in [0.2, 0.25) is 0 Å². The van der Waals surface area contributed by atoms with E-state index < -0.39 is 17.8 Å². The fourth-order valence-electron chi connectivity index (χ4n) is 0.663. The molecule has 0 unspecified atom stereocenters. The largest absolute Gasteiger partial charge is 0.412 e. The van der Waals surface area contributed by atoms with Crippen molar-refractivity contribution < 1.29 is 8.23 Å². The van der Waals surface area contributed by atoms with Gasteiger partial charge in [0.15, 0.2) is 0 Å². The molecule has 1 rings (SSSR count). The van der Waals surface area contributed by atoms with Crippen LogP contribution in [0.25, 0.3) is 0 Å². The highest BCUT2D eigenvalue weighted by molar-refractivity contribution is 6.89. The third-order valence-corrected chi connectivity index (χ3v) is 7.99. The maximum atomic E-state index is 5.44. The van der Waals surface area contributed by atoms with Crippen molar-refractivity contribution in [3.05, 3.63) is 24.6 Å². The van der Waals surface area contributed by atoms with Crippen molar-refractivity contribution in [1.82, 2.24) is 0 Å². The second-order valence-corrected chi connectivity index (χ2v) is 7.59. The van der Waals surface area contributed by atoms with Crippen LogP contribution >= 0.6 is 0 Å². The normalized spacial score (nSPS) is 41.2. The zero-order valence-corrected chi connectivity index (χ0v) is 7.62. The second-order valence-electron chi connectivity index (χ2n) is 2.06. The van der Waals surface area contributed by atoms with E-state index in [1.54, 1.807) is 11.4 Å². The van der Waals surface area contributed by atoms with Gasteiger partial charge in [0.05, 0.1) is 0 Å². The number of hydrogen-bond donors (Lipinski definition) is 0. The van der Waals surface area contributed by atoms with Gasteiger partial charge in [0.1, 0.15) is 0 Å². The molecule has 1 aliphatic rings. The van der Waals surface area contributed by atoms with Crippen LogP contribution in [0.4, 0.5) is 0 Å². The molecule has 0 amide bonds. The predicted molar refractivity (Wildman–Crippen MR) is 41.3 cm³/mol. The average Bonchev–Trinajstić information content (AvgIpc) is 1.81. The quantitative estimate of drug-likeness (QED) is 0.553. The molecule has 1 fully saturated rings. The summed E-state index contributed by atoms with van der Waals surface area (Å²) in [6.07, 6.45) is 0. The summed E-state index contributed by atoms with van der Waals surface area (Å²) >= 11 is 0. The lowest BCUT2D eigenvalue weighted by molar-refractivity contribution is 0.277. The van der Waals surface area contributed by atoms with Crippen LogP contribution in [-0.2, 0) is 8.23 Å². The minimum Gasteiger partial charge on any atom is -0.412 e. The minimum absolute atomic E-state index is 1.37.